The van der Waals surface area contributed by atoms with Crippen molar-refractivity contribution in [3.05, 3.63) is 28.4 Å². The van der Waals surface area contributed by atoms with Gasteiger partial charge in [-0.15, -0.1) is 11.6 Å². The standard InChI is InChI=1S/C9H17ClN4O3/c1-14(17,8-3-10)7-2-5-12-6-4-11-9(12)13(15)16/h4,6,11,17H,2-3,5,7-8H2,1H3. The van der Waals surface area contributed by atoms with E-state index in [0.717, 1.165) is 0 Å². The van der Waals surface area contributed by atoms with Crippen molar-refractivity contribution in [1.82, 2.24) is 14.5 Å². The van der Waals surface area contributed by atoms with Gasteiger partial charge in [-0.2, -0.15) is 4.65 Å². The number of hydrogen-bond donors (Lipinski definition) is 2. The Balaban J connectivity index is 2.52. The zero-order valence-electron chi connectivity index (χ0n) is 9.67. The molecule has 1 unspecified atom stereocenters. The second kappa shape index (κ2) is 5.95. The molecule has 0 bridgehead atoms. The summed E-state index contributed by atoms with van der Waals surface area (Å²) in [6, 6.07) is 0. The summed E-state index contributed by atoms with van der Waals surface area (Å²) in [5, 5.41) is 31.1. The molecule has 0 aliphatic rings. The zero-order valence-corrected chi connectivity index (χ0v) is 10.4. The molecule has 98 valence electrons. The number of aromatic nitrogens is 2. The molecule has 1 rings (SSSR count). The fourth-order valence-electron chi connectivity index (χ4n) is 1.57. The van der Waals surface area contributed by atoms with E-state index in [1.165, 1.54) is 10.8 Å². The van der Waals surface area contributed by atoms with Gasteiger partial charge < -0.3 is 10.4 Å². The normalized spacial score (nSPS) is 14.5. The molecule has 0 spiro atoms. The lowest BCUT2D eigenvalue weighted by molar-refractivity contribution is -1.09. The molecule has 1 aromatic heterocycles. The largest absolute Gasteiger partial charge is 0.744 e. The van der Waals surface area contributed by atoms with Crippen LogP contribution in [0.3, 0.4) is 0 Å². The molecule has 0 saturated heterocycles. The molecule has 1 atom stereocenters. The van der Waals surface area contributed by atoms with Gasteiger partial charge in [-0.05, 0) is 0 Å². The van der Waals surface area contributed by atoms with Crippen molar-refractivity contribution in [2.45, 2.75) is 13.0 Å². The van der Waals surface area contributed by atoms with E-state index in [1.807, 2.05) is 0 Å². The van der Waals surface area contributed by atoms with Crippen LogP contribution in [0.25, 0.3) is 0 Å². The Bertz CT molecular complexity index is 408. The van der Waals surface area contributed by atoms with Crippen LogP contribution in [0.4, 0.5) is 0 Å². The number of nitrogens with zero attached hydrogens (tertiary/aromatic N) is 3. The second-order valence-corrected chi connectivity index (χ2v) is 4.44. The van der Waals surface area contributed by atoms with E-state index in [2.05, 4.69) is 4.98 Å². The van der Waals surface area contributed by atoms with Crippen LogP contribution >= 0.6 is 11.6 Å². The molecule has 2 N–H and O–H groups in total. The highest BCUT2D eigenvalue weighted by molar-refractivity contribution is 6.17. The molecule has 0 fully saturated rings. The predicted molar refractivity (Wildman–Crippen MR) is 63.8 cm³/mol. The predicted octanol–water partition coefficient (Wildman–Crippen LogP) is 0.0487. The monoisotopic (exact) mass is 264 g/mol. The maximum Gasteiger partial charge on any atom is 0.358 e. The second-order valence-electron chi connectivity index (χ2n) is 4.06. The summed E-state index contributed by atoms with van der Waals surface area (Å²) in [4.78, 5) is 2.09. The highest BCUT2D eigenvalue weighted by Gasteiger charge is 2.17. The summed E-state index contributed by atoms with van der Waals surface area (Å²) in [5.41, 5.74) is -0.0468. The minimum atomic E-state index is -0.467. The van der Waals surface area contributed by atoms with Crippen molar-refractivity contribution < 1.29 is 9.85 Å². The summed E-state index contributed by atoms with van der Waals surface area (Å²) >= 11 is 5.56. The SMILES string of the molecule is C[N+](O)(CCCl)CCCn1cc[nH]c1=[N+]([O-])[O-]. The van der Waals surface area contributed by atoms with Gasteiger partial charge in [-0.25, -0.2) is 14.8 Å². The quantitative estimate of drug-likeness (QED) is 0.432. The molecule has 1 aromatic rings. The molecule has 1 heterocycles. The van der Waals surface area contributed by atoms with Crippen LogP contribution in [0.15, 0.2) is 12.4 Å². The van der Waals surface area contributed by atoms with Crippen molar-refractivity contribution in [2.24, 2.45) is 0 Å². The number of aryl methyl sites for hydroxylation is 1. The van der Waals surface area contributed by atoms with E-state index in [1.54, 1.807) is 13.2 Å². The smallest absolute Gasteiger partial charge is 0.358 e. The van der Waals surface area contributed by atoms with Gasteiger partial charge in [0.25, 0.3) is 0 Å². The summed E-state index contributed by atoms with van der Waals surface area (Å²) in [7, 11) is 1.67. The van der Waals surface area contributed by atoms with E-state index in [0.29, 0.717) is 31.9 Å². The number of H-pyrrole nitrogens is 1. The molecule has 0 aliphatic carbocycles. The molecule has 17 heavy (non-hydrogen) atoms. The number of rotatable bonds is 6. The van der Waals surface area contributed by atoms with Gasteiger partial charge in [0, 0.05) is 6.42 Å². The van der Waals surface area contributed by atoms with E-state index < -0.39 is 4.90 Å². The molecular formula is C9H17ClN4O3. The van der Waals surface area contributed by atoms with Crippen molar-refractivity contribution in [1.29, 1.82) is 0 Å². The molecular weight excluding hydrogens is 248 g/mol. The Labute approximate surface area is 104 Å². The topological polar surface area (TPSA) is 90.1 Å². The maximum atomic E-state index is 10.6. The molecule has 0 radical (unpaired) electrons. The third-order valence-electron chi connectivity index (χ3n) is 2.52. The molecule has 7 nitrogen and oxygen atoms in total. The molecule has 0 aliphatic heterocycles. The number of alkyl halides is 1. The van der Waals surface area contributed by atoms with Crippen LogP contribution in [0, 0.1) is 10.4 Å². The van der Waals surface area contributed by atoms with Crippen LogP contribution in [-0.2, 0) is 6.54 Å². The number of aromatic amines is 1. The molecule has 0 amide bonds. The number of quaternary nitrogens is 1. The lowest BCUT2D eigenvalue weighted by Gasteiger charge is -2.24. The van der Waals surface area contributed by atoms with Crippen LogP contribution in [0.5, 0.6) is 0 Å². The van der Waals surface area contributed by atoms with Gasteiger partial charge in [0.2, 0.25) is 0 Å². The third kappa shape index (κ3) is 4.29. The number of nitrogens with one attached hydrogen (secondary N) is 1. The average Bonchev–Trinajstić information content (AvgIpc) is 2.65. The van der Waals surface area contributed by atoms with Crippen molar-refractivity contribution in [3.8, 4) is 0 Å². The number of imidazole rings is 1. The number of hydroxylamine groups is 3. The number of halogens is 1. The Kier molecular flexibility index (Phi) is 4.86. The average molecular weight is 265 g/mol. The molecule has 8 heteroatoms. The first kappa shape index (κ1) is 13.9. The first-order valence-corrected chi connectivity index (χ1v) is 5.84. The lowest BCUT2D eigenvalue weighted by atomic mass is 10.4. The van der Waals surface area contributed by atoms with Crippen LogP contribution in [0.1, 0.15) is 6.42 Å². The first-order valence-electron chi connectivity index (χ1n) is 5.31. The zero-order chi connectivity index (χ0) is 12.9. The highest BCUT2D eigenvalue weighted by atomic mass is 35.5. The van der Waals surface area contributed by atoms with E-state index in [4.69, 9.17) is 11.6 Å². The van der Waals surface area contributed by atoms with E-state index >= 15 is 0 Å². The molecule has 0 aromatic carbocycles. The van der Waals surface area contributed by atoms with Crippen molar-refractivity contribution in [3.63, 3.8) is 0 Å². The van der Waals surface area contributed by atoms with Gasteiger partial charge >= 0.3 is 5.62 Å². The van der Waals surface area contributed by atoms with Crippen LogP contribution in [0.2, 0.25) is 0 Å². The summed E-state index contributed by atoms with van der Waals surface area (Å²) in [6.45, 7) is 1.44. The lowest BCUT2D eigenvalue weighted by Crippen LogP contribution is -2.43. The molecule has 0 saturated carbocycles. The van der Waals surface area contributed by atoms with E-state index in [9.17, 15) is 15.6 Å². The highest BCUT2D eigenvalue weighted by Crippen LogP contribution is 2.00. The Morgan fingerprint density at radius 1 is 1.53 bits per heavy atom. The van der Waals surface area contributed by atoms with Gasteiger partial charge in [-0.1, -0.05) is 0 Å². The Morgan fingerprint density at radius 2 is 2.24 bits per heavy atom. The summed E-state index contributed by atoms with van der Waals surface area (Å²) in [6.07, 6.45) is 3.76. The van der Waals surface area contributed by atoms with Crippen LogP contribution < -0.4 is 10.5 Å². The minimum Gasteiger partial charge on any atom is -0.744 e. The third-order valence-corrected chi connectivity index (χ3v) is 2.69. The summed E-state index contributed by atoms with van der Waals surface area (Å²) < 4.78 is 1.35. The maximum absolute atomic E-state index is 10.6. The number of hydrogen-bond acceptors (Lipinski definition) is 3. The minimum absolute atomic E-state index is 0.0468. The summed E-state index contributed by atoms with van der Waals surface area (Å²) in [5.74, 6) is 0.379. The van der Waals surface area contributed by atoms with E-state index in [-0.39, 0.29) is 10.3 Å². The first-order chi connectivity index (χ1) is 7.96. The Hall–Kier alpha value is -1.18. The van der Waals surface area contributed by atoms with Crippen LogP contribution in [-0.4, -0.2) is 45.4 Å². The van der Waals surface area contributed by atoms with Crippen molar-refractivity contribution in [2.75, 3.05) is 26.0 Å². The van der Waals surface area contributed by atoms with Gasteiger partial charge in [0.15, 0.2) is 0 Å². The fraction of sp³-hybridized carbons (Fsp3) is 0.667. The van der Waals surface area contributed by atoms with Gasteiger partial charge in [0.1, 0.15) is 13.1 Å². The Morgan fingerprint density at radius 3 is 2.82 bits per heavy atom. The fourth-order valence-corrected chi connectivity index (χ4v) is 1.93. The van der Waals surface area contributed by atoms with Crippen molar-refractivity contribution >= 4 is 11.6 Å². The van der Waals surface area contributed by atoms with Gasteiger partial charge in [-0.3, -0.25) is 4.90 Å². The van der Waals surface area contributed by atoms with Gasteiger partial charge in [0.05, 0.1) is 31.9 Å².